The summed E-state index contributed by atoms with van der Waals surface area (Å²) < 4.78 is 34.7. The fourth-order valence-corrected chi connectivity index (χ4v) is 5.89. The molecule has 1 fully saturated rings. The smallest absolute Gasteiger partial charge is 0.248 e. The van der Waals surface area contributed by atoms with E-state index in [0.29, 0.717) is 43.4 Å². The summed E-state index contributed by atoms with van der Waals surface area (Å²) >= 11 is 0. The van der Waals surface area contributed by atoms with E-state index < -0.39 is 10.0 Å². The maximum atomic E-state index is 13.1. The summed E-state index contributed by atoms with van der Waals surface area (Å²) in [7, 11) is -3.71. The third kappa shape index (κ3) is 4.85. The van der Waals surface area contributed by atoms with Crippen molar-refractivity contribution < 1.29 is 17.7 Å². The normalized spacial score (nSPS) is 16.2. The van der Waals surface area contributed by atoms with Crippen LogP contribution in [0.15, 0.2) is 9.42 Å². The molecular weight excluding hydrogens is 418 g/mol. The molecule has 1 saturated heterocycles. The van der Waals surface area contributed by atoms with Crippen molar-refractivity contribution in [1.29, 1.82) is 0 Å². The minimum Gasteiger partial charge on any atom is -0.360 e. The Bertz CT molecular complexity index is 1030. The molecule has 1 aliphatic heterocycles. The van der Waals surface area contributed by atoms with Gasteiger partial charge < -0.3 is 9.42 Å². The van der Waals surface area contributed by atoms with Gasteiger partial charge in [-0.1, -0.05) is 19.0 Å². The Kier molecular flexibility index (Phi) is 6.90. The summed E-state index contributed by atoms with van der Waals surface area (Å²) in [5.74, 6) is 0.767. The van der Waals surface area contributed by atoms with E-state index in [-0.39, 0.29) is 23.8 Å². The minimum atomic E-state index is -3.71. The second-order valence-electron chi connectivity index (χ2n) is 8.69. The first kappa shape index (κ1) is 23.5. The van der Waals surface area contributed by atoms with Crippen LogP contribution in [0, 0.1) is 33.6 Å². The van der Waals surface area contributed by atoms with E-state index in [4.69, 9.17) is 4.52 Å². The first-order valence-corrected chi connectivity index (χ1v) is 12.2. The van der Waals surface area contributed by atoms with Crippen molar-refractivity contribution in [3.05, 3.63) is 28.4 Å². The third-order valence-electron chi connectivity index (χ3n) is 5.77. The van der Waals surface area contributed by atoms with Gasteiger partial charge in [0.15, 0.2) is 5.76 Å². The monoisotopic (exact) mass is 451 g/mol. The van der Waals surface area contributed by atoms with E-state index in [1.807, 2.05) is 18.5 Å². The van der Waals surface area contributed by atoms with Crippen LogP contribution in [0.2, 0.25) is 0 Å². The van der Waals surface area contributed by atoms with Gasteiger partial charge in [0.05, 0.1) is 12.1 Å². The summed E-state index contributed by atoms with van der Waals surface area (Å²) in [6.07, 6.45) is 0.866. The second-order valence-corrected chi connectivity index (χ2v) is 10.6. The molecule has 0 aromatic carbocycles. The highest BCUT2D eigenvalue weighted by Crippen LogP contribution is 2.24. The topological polar surface area (TPSA) is 102 Å². The number of aromatic nitrogens is 3. The Hall–Kier alpha value is -2.20. The second kappa shape index (κ2) is 9.12. The summed E-state index contributed by atoms with van der Waals surface area (Å²) in [4.78, 5) is 14.9. The zero-order valence-corrected chi connectivity index (χ0v) is 20.1. The number of hydrogen-bond donors (Lipinski definition) is 0. The summed E-state index contributed by atoms with van der Waals surface area (Å²) in [5.41, 5.74) is 3.23. The molecule has 172 valence electrons. The van der Waals surface area contributed by atoms with Crippen molar-refractivity contribution in [2.24, 2.45) is 5.92 Å². The molecule has 0 radical (unpaired) electrons. The Morgan fingerprint density at radius 1 is 1.06 bits per heavy atom. The first-order chi connectivity index (χ1) is 14.5. The molecule has 2 aromatic heterocycles. The summed E-state index contributed by atoms with van der Waals surface area (Å²) in [5, 5.41) is 8.37. The van der Waals surface area contributed by atoms with Crippen LogP contribution in [0.5, 0.6) is 0 Å². The van der Waals surface area contributed by atoms with E-state index in [0.717, 1.165) is 23.5 Å². The molecule has 2 aromatic rings. The van der Waals surface area contributed by atoms with E-state index in [9.17, 15) is 13.2 Å². The van der Waals surface area contributed by atoms with E-state index in [1.165, 1.54) is 4.31 Å². The van der Waals surface area contributed by atoms with Crippen LogP contribution in [-0.2, 0) is 27.8 Å². The minimum absolute atomic E-state index is 0.00637. The SMILES string of the molecule is Cc1nn(CC(C)C)c(C)c1CC(=O)N1CCCN(S(=O)(=O)c2c(C)noc2C)CC1. The number of rotatable bonds is 6. The lowest BCUT2D eigenvalue weighted by Crippen LogP contribution is -2.38. The van der Waals surface area contributed by atoms with Gasteiger partial charge >= 0.3 is 0 Å². The maximum absolute atomic E-state index is 13.1. The number of amides is 1. The molecular formula is C21H33N5O4S. The molecule has 0 bridgehead atoms. The van der Waals surface area contributed by atoms with Gasteiger partial charge in [0.25, 0.3) is 0 Å². The molecule has 0 saturated carbocycles. The van der Waals surface area contributed by atoms with Gasteiger partial charge in [-0.3, -0.25) is 9.48 Å². The zero-order chi connectivity index (χ0) is 22.9. The average molecular weight is 452 g/mol. The third-order valence-corrected chi connectivity index (χ3v) is 7.91. The van der Waals surface area contributed by atoms with Crippen molar-refractivity contribution >= 4 is 15.9 Å². The van der Waals surface area contributed by atoms with Gasteiger partial charge in [-0.05, 0) is 40.0 Å². The Labute approximate surface area is 184 Å². The fraction of sp³-hybridized carbons (Fsp3) is 0.667. The maximum Gasteiger partial charge on any atom is 0.248 e. The number of carbonyl (C=O) groups is 1. The van der Waals surface area contributed by atoms with Crippen LogP contribution in [0.3, 0.4) is 0 Å². The van der Waals surface area contributed by atoms with Gasteiger partial charge in [-0.2, -0.15) is 9.40 Å². The predicted molar refractivity (Wildman–Crippen MR) is 116 cm³/mol. The van der Waals surface area contributed by atoms with Gasteiger partial charge in [0.1, 0.15) is 10.6 Å². The molecule has 3 rings (SSSR count). The van der Waals surface area contributed by atoms with Crippen molar-refractivity contribution in [3.63, 3.8) is 0 Å². The van der Waals surface area contributed by atoms with Gasteiger partial charge in [-0.15, -0.1) is 0 Å². The predicted octanol–water partition coefficient (Wildman–Crippen LogP) is 2.23. The standard InChI is InChI=1S/C21H33N5O4S/c1-14(2)13-26-17(5)19(15(3)22-26)12-20(27)24-8-7-9-25(11-10-24)31(28,29)21-16(4)23-30-18(21)6/h14H,7-13H2,1-6H3. The van der Waals surface area contributed by atoms with E-state index in [2.05, 4.69) is 24.1 Å². The Balaban J connectivity index is 1.70. The van der Waals surface area contributed by atoms with Gasteiger partial charge in [0, 0.05) is 44.0 Å². The average Bonchev–Trinajstić information content (AvgIpc) is 3.02. The molecule has 0 N–H and O–H groups in total. The van der Waals surface area contributed by atoms with E-state index in [1.54, 1.807) is 18.7 Å². The van der Waals surface area contributed by atoms with Crippen LogP contribution >= 0.6 is 0 Å². The number of sulfonamides is 1. The summed E-state index contributed by atoms with van der Waals surface area (Å²) in [6, 6.07) is 0. The molecule has 31 heavy (non-hydrogen) atoms. The van der Waals surface area contributed by atoms with Crippen molar-refractivity contribution in [2.75, 3.05) is 26.2 Å². The largest absolute Gasteiger partial charge is 0.360 e. The fourth-order valence-electron chi connectivity index (χ4n) is 4.13. The number of aryl methyl sites for hydroxylation is 3. The number of carbonyl (C=O) groups excluding carboxylic acids is 1. The van der Waals surface area contributed by atoms with Gasteiger partial charge in [-0.25, -0.2) is 8.42 Å². The Morgan fingerprint density at radius 3 is 2.39 bits per heavy atom. The zero-order valence-electron chi connectivity index (χ0n) is 19.3. The molecule has 1 aliphatic rings. The van der Waals surface area contributed by atoms with Crippen LogP contribution in [0.1, 0.15) is 48.7 Å². The first-order valence-electron chi connectivity index (χ1n) is 10.8. The lowest BCUT2D eigenvalue weighted by Gasteiger charge is -2.22. The Morgan fingerprint density at radius 2 is 1.77 bits per heavy atom. The van der Waals surface area contributed by atoms with Crippen LogP contribution in [0.25, 0.3) is 0 Å². The number of hydrogen-bond acceptors (Lipinski definition) is 6. The lowest BCUT2D eigenvalue weighted by molar-refractivity contribution is -0.130. The lowest BCUT2D eigenvalue weighted by atomic mass is 10.1. The van der Waals surface area contributed by atoms with Crippen molar-refractivity contribution in [3.8, 4) is 0 Å². The molecule has 0 atom stereocenters. The molecule has 0 unspecified atom stereocenters. The summed E-state index contributed by atoms with van der Waals surface area (Å²) in [6.45, 7) is 13.8. The molecule has 0 spiro atoms. The molecule has 0 aliphatic carbocycles. The molecule has 10 heteroatoms. The molecule has 9 nitrogen and oxygen atoms in total. The van der Waals surface area contributed by atoms with Gasteiger partial charge in [0.2, 0.25) is 15.9 Å². The van der Waals surface area contributed by atoms with Crippen LogP contribution in [0.4, 0.5) is 0 Å². The number of nitrogens with zero attached hydrogens (tertiary/aromatic N) is 5. The highest BCUT2D eigenvalue weighted by molar-refractivity contribution is 7.89. The highest BCUT2D eigenvalue weighted by Gasteiger charge is 2.33. The highest BCUT2D eigenvalue weighted by atomic mass is 32.2. The van der Waals surface area contributed by atoms with Crippen LogP contribution in [-0.4, -0.2) is 64.6 Å². The van der Waals surface area contributed by atoms with E-state index >= 15 is 0 Å². The molecule has 3 heterocycles. The molecule has 1 amide bonds. The van der Waals surface area contributed by atoms with Crippen molar-refractivity contribution in [1.82, 2.24) is 24.1 Å². The quantitative estimate of drug-likeness (QED) is 0.667. The van der Waals surface area contributed by atoms with Crippen LogP contribution < -0.4 is 0 Å². The van der Waals surface area contributed by atoms with Crippen molar-refractivity contribution in [2.45, 2.75) is 65.8 Å².